The quantitative estimate of drug-likeness (QED) is 0.233. The second-order valence-electron chi connectivity index (χ2n) is 7.64. The van der Waals surface area contributed by atoms with Crippen LogP contribution in [0.15, 0.2) is 108 Å². The molecule has 0 aliphatic rings. The molecule has 0 aliphatic heterocycles. The number of hydrogen-bond donors (Lipinski definition) is 0. The predicted octanol–water partition coefficient (Wildman–Crippen LogP) is 6.05. The van der Waals surface area contributed by atoms with Gasteiger partial charge in [-0.2, -0.15) is 4.31 Å². The minimum atomic E-state index is -3.87. The van der Waals surface area contributed by atoms with Gasteiger partial charge in [-0.25, -0.2) is 13.2 Å². The van der Waals surface area contributed by atoms with Crippen LogP contribution >= 0.6 is 11.6 Å². The van der Waals surface area contributed by atoms with Crippen LogP contribution in [0.2, 0.25) is 5.02 Å². The molecule has 0 saturated heterocycles. The van der Waals surface area contributed by atoms with Crippen molar-refractivity contribution in [3.05, 3.63) is 119 Å². The molecule has 0 spiro atoms. The summed E-state index contributed by atoms with van der Waals surface area (Å²) in [5.41, 5.74) is 2.44. The van der Waals surface area contributed by atoms with Gasteiger partial charge in [-0.15, -0.1) is 0 Å². The molecule has 0 saturated carbocycles. The summed E-state index contributed by atoms with van der Waals surface area (Å²) in [5.74, 6) is -0.389. The highest BCUT2D eigenvalue weighted by Gasteiger charge is 2.24. The number of benzene rings is 4. The van der Waals surface area contributed by atoms with Gasteiger partial charge in [0.15, 0.2) is 0 Å². The van der Waals surface area contributed by atoms with Gasteiger partial charge in [0.05, 0.1) is 15.5 Å². The Hall–Kier alpha value is -3.45. The van der Waals surface area contributed by atoms with Crippen molar-refractivity contribution < 1.29 is 17.9 Å². The highest BCUT2D eigenvalue weighted by atomic mass is 35.5. The monoisotopic (exact) mass is 491 g/mol. The van der Waals surface area contributed by atoms with Gasteiger partial charge >= 0.3 is 5.97 Å². The van der Waals surface area contributed by atoms with E-state index in [4.69, 9.17) is 16.3 Å². The van der Waals surface area contributed by atoms with Gasteiger partial charge in [-0.3, -0.25) is 0 Å². The first-order valence-electron chi connectivity index (χ1n) is 10.5. The van der Waals surface area contributed by atoms with Gasteiger partial charge in [-0.05, 0) is 35.4 Å². The number of carbonyl (C=O) groups excluding carboxylic acids is 1. The Morgan fingerprint density at radius 3 is 2.18 bits per heavy atom. The fourth-order valence-electron chi connectivity index (χ4n) is 3.49. The van der Waals surface area contributed by atoms with E-state index in [1.807, 2.05) is 72.8 Å². The van der Waals surface area contributed by atoms with Crippen LogP contribution in [0.5, 0.6) is 5.75 Å². The topological polar surface area (TPSA) is 63.7 Å². The van der Waals surface area contributed by atoms with Crippen molar-refractivity contribution in [1.29, 1.82) is 0 Å². The summed E-state index contributed by atoms with van der Waals surface area (Å²) in [6, 6.07) is 29.9. The van der Waals surface area contributed by atoms with Crippen molar-refractivity contribution in [2.45, 2.75) is 11.4 Å². The molecule has 4 aromatic rings. The molecule has 0 atom stereocenters. The molecule has 0 heterocycles. The largest absolute Gasteiger partial charge is 0.422 e. The minimum absolute atomic E-state index is 0.0290. The number of sulfonamides is 1. The van der Waals surface area contributed by atoms with Gasteiger partial charge in [0.1, 0.15) is 5.75 Å². The van der Waals surface area contributed by atoms with Gasteiger partial charge in [0.25, 0.3) is 0 Å². The molecule has 0 fully saturated rings. The molecule has 172 valence electrons. The van der Waals surface area contributed by atoms with Crippen LogP contribution in [-0.2, 0) is 16.6 Å². The first kappa shape index (κ1) is 23.7. The fourth-order valence-corrected chi connectivity index (χ4v) is 4.87. The van der Waals surface area contributed by atoms with E-state index >= 15 is 0 Å². The molecular weight excluding hydrogens is 470 g/mol. The Balaban J connectivity index is 1.61. The summed E-state index contributed by atoms with van der Waals surface area (Å²) in [7, 11) is -2.38. The lowest BCUT2D eigenvalue weighted by Gasteiger charge is -2.18. The maximum Gasteiger partial charge on any atom is 0.345 e. The first-order chi connectivity index (χ1) is 16.4. The van der Waals surface area contributed by atoms with E-state index in [1.54, 1.807) is 12.1 Å². The van der Waals surface area contributed by atoms with Crippen LogP contribution in [-0.4, -0.2) is 25.7 Å². The molecule has 0 aromatic heterocycles. The molecule has 0 bridgehead atoms. The maximum absolute atomic E-state index is 13.2. The summed E-state index contributed by atoms with van der Waals surface area (Å²) in [6.45, 7) is 0.191. The molecule has 0 radical (unpaired) electrons. The van der Waals surface area contributed by atoms with Crippen molar-refractivity contribution in [2.24, 2.45) is 0 Å². The van der Waals surface area contributed by atoms with Crippen molar-refractivity contribution in [2.75, 3.05) is 7.05 Å². The summed E-state index contributed by atoms with van der Waals surface area (Å²) in [4.78, 5) is 13.0. The Labute approximate surface area is 204 Å². The average molecular weight is 492 g/mol. The van der Waals surface area contributed by atoms with E-state index < -0.39 is 16.0 Å². The molecule has 7 heteroatoms. The maximum atomic E-state index is 13.2. The van der Waals surface area contributed by atoms with Crippen LogP contribution in [0.3, 0.4) is 0 Å². The molecule has 4 rings (SSSR count). The van der Waals surface area contributed by atoms with Gasteiger partial charge < -0.3 is 4.74 Å². The minimum Gasteiger partial charge on any atom is -0.422 e. The third-order valence-electron chi connectivity index (χ3n) is 5.29. The number of esters is 1. The highest BCUT2D eigenvalue weighted by molar-refractivity contribution is 7.89. The number of hydrogen-bond acceptors (Lipinski definition) is 4. The lowest BCUT2D eigenvalue weighted by molar-refractivity contribution is 0.0735. The van der Waals surface area contributed by atoms with Crippen LogP contribution in [0.4, 0.5) is 0 Å². The zero-order valence-electron chi connectivity index (χ0n) is 18.4. The molecule has 0 unspecified atom stereocenters. The molecular formula is C27H22ClNO4S. The number of para-hydroxylation sites is 1. The lowest BCUT2D eigenvalue weighted by atomic mass is 10.0. The Morgan fingerprint density at radius 1 is 0.853 bits per heavy atom. The first-order valence-corrected chi connectivity index (χ1v) is 12.3. The van der Waals surface area contributed by atoms with Crippen LogP contribution in [0.25, 0.3) is 11.1 Å². The molecule has 4 aromatic carbocycles. The molecule has 0 N–H and O–H groups in total. The van der Waals surface area contributed by atoms with Crippen LogP contribution in [0.1, 0.15) is 15.9 Å². The Morgan fingerprint density at radius 2 is 1.47 bits per heavy atom. The molecule has 0 amide bonds. The number of nitrogens with zero attached hydrogens (tertiary/aromatic N) is 1. The van der Waals surface area contributed by atoms with Crippen LogP contribution in [0, 0.1) is 0 Å². The predicted molar refractivity (Wildman–Crippen MR) is 133 cm³/mol. The van der Waals surface area contributed by atoms with Crippen molar-refractivity contribution in [3.63, 3.8) is 0 Å². The molecule has 34 heavy (non-hydrogen) atoms. The van der Waals surface area contributed by atoms with Crippen molar-refractivity contribution in [3.8, 4) is 16.9 Å². The summed E-state index contributed by atoms with van der Waals surface area (Å²) >= 11 is 6.26. The number of ether oxygens (including phenoxy) is 1. The number of rotatable bonds is 7. The number of halogens is 1. The van der Waals surface area contributed by atoms with Gasteiger partial charge in [-0.1, -0.05) is 90.5 Å². The summed E-state index contributed by atoms with van der Waals surface area (Å²) in [5, 5.41) is 0.104. The second-order valence-corrected chi connectivity index (χ2v) is 10.1. The summed E-state index contributed by atoms with van der Waals surface area (Å²) < 4.78 is 33.2. The van der Waals surface area contributed by atoms with E-state index in [2.05, 4.69) is 0 Å². The highest BCUT2D eigenvalue weighted by Crippen LogP contribution is 2.31. The van der Waals surface area contributed by atoms with E-state index in [9.17, 15) is 13.2 Å². The normalized spacial score (nSPS) is 11.4. The molecule has 5 nitrogen and oxygen atoms in total. The third kappa shape index (κ3) is 5.20. The molecule has 0 aliphatic carbocycles. The van der Waals surface area contributed by atoms with E-state index in [1.165, 1.54) is 29.6 Å². The average Bonchev–Trinajstić information content (AvgIpc) is 2.85. The van der Waals surface area contributed by atoms with E-state index in [-0.39, 0.29) is 22.0 Å². The summed E-state index contributed by atoms with van der Waals surface area (Å²) in [6.07, 6.45) is 0. The van der Waals surface area contributed by atoms with E-state index in [0.29, 0.717) is 5.75 Å². The lowest BCUT2D eigenvalue weighted by Crippen LogP contribution is -2.26. The van der Waals surface area contributed by atoms with E-state index in [0.717, 1.165) is 16.7 Å². The zero-order valence-corrected chi connectivity index (χ0v) is 20.0. The van der Waals surface area contributed by atoms with Gasteiger partial charge in [0, 0.05) is 19.2 Å². The van der Waals surface area contributed by atoms with Gasteiger partial charge in [0.2, 0.25) is 10.0 Å². The standard InChI is InChI=1S/C27H22ClNO4S/c1-29(19-20-10-4-2-5-11-20)34(31,32)22-16-17-25(28)24(18-22)27(30)33-26-15-9-8-14-23(26)21-12-6-3-7-13-21/h2-18H,19H2,1H3. The van der Waals surface area contributed by atoms with Crippen molar-refractivity contribution >= 4 is 27.6 Å². The third-order valence-corrected chi connectivity index (χ3v) is 7.42. The van der Waals surface area contributed by atoms with Crippen molar-refractivity contribution in [1.82, 2.24) is 4.31 Å². The second kappa shape index (κ2) is 10.2. The Kier molecular flexibility index (Phi) is 7.12. The smallest absolute Gasteiger partial charge is 0.345 e. The SMILES string of the molecule is CN(Cc1ccccc1)S(=O)(=O)c1ccc(Cl)c(C(=O)Oc2ccccc2-c2ccccc2)c1. The van der Waals surface area contributed by atoms with Crippen LogP contribution < -0.4 is 4.74 Å². The zero-order chi connectivity index (χ0) is 24.1. The fraction of sp³-hybridized carbons (Fsp3) is 0.0741. The number of carbonyl (C=O) groups is 1. The Bertz CT molecular complexity index is 1410.